The summed E-state index contributed by atoms with van der Waals surface area (Å²) in [4.78, 5) is 19.7. The number of hydrogen-bond donors (Lipinski definition) is 1. The number of aromatic nitrogens is 2. The minimum atomic E-state index is -4.76. The van der Waals surface area contributed by atoms with Gasteiger partial charge in [0.25, 0.3) is 11.9 Å². The Kier molecular flexibility index (Phi) is 5.63. The molecule has 2 atom stereocenters. The Bertz CT molecular complexity index is 1020. The van der Waals surface area contributed by atoms with Gasteiger partial charge in [0.2, 0.25) is 0 Å². The maximum absolute atomic E-state index is 14.3. The van der Waals surface area contributed by atoms with Crippen LogP contribution in [0.3, 0.4) is 0 Å². The van der Waals surface area contributed by atoms with Crippen molar-refractivity contribution >= 4 is 35.5 Å². The lowest BCUT2D eigenvalue weighted by Gasteiger charge is -2.22. The Balaban J connectivity index is 2.21. The van der Waals surface area contributed by atoms with Crippen LogP contribution in [0, 0.1) is 23.4 Å². The topological polar surface area (TPSA) is 70.5 Å². The number of halogens is 7. The van der Waals surface area contributed by atoms with E-state index in [-0.39, 0.29) is 0 Å². The van der Waals surface area contributed by atoms with E-state index in [9.17, 15) is 31.1 Å². The molecule has 13 heteroatoms. The van der Waals surface area contributed by atoms with E-state index in [0.29, 0.717) is 17.1 Å². The van der Waals surface area contributed by atoms with Crippen LogP contribution in [0.25, 0.3) is 11.1 Å². The lowest BCUT2D eigenvalue weighted by Crippen LogP contribution is -2.34. The van der Waals surface area contributed by atoms with Crippen molar-refractivity contribution in [2.75, 3.05) is 10.3 Å². The fraction of sp³-hybridized carbons (Fsp3) is 0.294. The summed E-state index contributed by atoms with van der Waals surface area (Å²) < 4.78 is 81.1. The molecule has 2 aromatic rings. The Labute approximate surface area is 170 Å². The van der Waals surface area contributed by atoms with Crippen molar-refractivity contribution < 1.29 is 31.1 Å². The number of amides is 1. The van der Waals surface area contributed by atoms with E-state index < -0.39 is 69.5 Å². The number of carbonyl (C=O) groups excluding carboxylic acids is 1. The third-order valence-electron chi connectivity index (χ3n) is 4.15. The van der Waals surface area contributed by atoms with Crippen molar-refractivity contribution in [3.8, 4) is 11.1 Å². The number of anilines is 2. The molecule has 0 bridgehead atoms. The summed E-state index contributed by atoms with van der Waals surface area (Å²) >= 11 is 6.02. The molecule has 3 rings (SSSR count). The molecule has 2 heterocycles. The van der Waals surface area contributed by atoms with Crippen molar-refractivity contribution in [1.82, 2.24) is 9.97 Å². The number of hydrazone groups is 1. The number of nitrogens with zero attached hydrogens (tertiary/aromatic N) is 4. The molecule has 1 unspecified atom stereocenters. The summed E-state index contributed by atoms with van der Waals surface area (Å²) in [6.07, 6.45) is -3.51. The highest BCUT2D eigenvalue weighted by Gasteiger charge is 2.38. The highest BCUT2D eigenvalue weighted by atomic mass is 35.5. The van der Waals surface area contributed by atoms with Gasteiger partial charge in [-0.15, -0.1) is 0 Å². The average molecular weight is 452 g/mol. The molecule has 30 heavy (non-hydrogen) atoms. The number of alkyl halides is 3. The molecule has 160 valence electrons. The molecule has 0 spiro atoms. The smallest absolute Gasteiger partial charge is 0.358 e. The second-order valence-electron chi connectivity index (χ2n) is 6.39. The molecule has 0 radical (unpaired) electrons. The van der Waals surface area contributed by atoms with E-state index in [4.69, 9.17) is 11.6 Å². The minimum Gasteiger partial charge on any atom is -0.358 e. The van der Waals surface area contributed by atoms with Gasteiger partial charge in [-0.3, -0.25) is 4.79 Å². The maximum Gasteiger partial charge on any atom is 0.408 e. The largest absolute Gasteiger partial charge is 0.408 e. The molecule has 1 aromatic carbocycles. The van der Waals surface area contributed by atoms with Gasteiger partial charge in [-0.1, -0.05) is 11.6 Å². The monoisotopic (exact) mass is 451 g/mol. The van der Waals surface area contributed by atoms with Gasteiger partial charge in [0, 0.05) is 18.3 Å². The second kappa shape index (κ2) is 7.74. The van der Waals surface area contributed by atoms with Gasteiger partial charge in [-0.2, -0.15) is 33.2 Å². The van der Waals surface area contributed by atoms with Crippen LogP contribution in [0.1, 0.15) is 13.8 Å². The molecule has 1 aromatic heterocycles. The number of nitrogens with one attached hydrogen (secondary N) is 1. The summed E-state index contributed by atoms with van der Waals surface area (Å²) in [7, 11) is 0. The van der Waals surface area contributed by atoms with Crippen LogP contribution in [0.2, 0.25) is 5.15 Å². The van der Waals surface area contributed by atoms with Gasteiger partial charge in [-0.25, -0.2) is 13.2 Å². The van der Waals surface area contributed by atoms with E-state index in [0.717, 1.165) is 6.92 Å². The Morgan fingerprint density at radius 2 is 1.73 bits per heavy atom. The first-order chi connectivity index (χ1) is 13.9. The van der Waals surface area contributed by atoms with E-state index in [1.54, 1.807) is 0 Å². The molecular weight excluding hydrogens is 440 g/mol. The van der Waals surface area contributed by atoms with Crippen LogP contribution in [0.5, 0.6) is 0 Å². The van der Waals surface area contributed by atoms with E-state index in [1.807, 2.05) is 5.32 Å². The van der Waals surface area contributed by atoms with Crippen molar-refractivity contribution in [3.63, 3.8) is 0 Å². The van der Waals surface area contributed by atoms with Crippen LogP contribution < -0.4 is 10.3 Å². The maximum atomic E-state index is 14.3. The lowest BCUT2D eigenvalue weighted by atomic mass is 10.1. The highest BCUT2D eigenvalue weighted by Crippen LogP contribution is 2.39. The van der Waals surface area contributed by atoms with E-state index in [2.05, 4.69) is 15.1 Å². The molecule has 1 aliphatic heterocycles. The Morgan fingerprint density at radius 1 is 1.13 bits per heavy atom. The van der Waals surface area contributed by atoms with Gasteiger partial charge in [-0.05, 0) is 13.8 Å². The summed E-state index contributed by atoms with van der Waals surface area (Å²) in [6.45, 7) is 2.24. The third-order valence-corrected chi connectivity index (χ3v) is 4.42. The standard InChI is InChI=1S/C17H12ClF6N5O/c1-6-5-25-29(15(6)30)16-27-13(18)12(11-9(20)3-8(19)4-10(11)21)14(28-16)26-7(2)17(22,23)24/h3-7H,1-2H3,(H,26,27,28)/t6?,7-/m0/s1. The highest BCUT2D eigenvalue weighted by molar-refractivity contribution is 6.33. The molecule has 0 saturated carbocycles. The molecule has 0 aliphatic carbocycles. The molecule has 6 nitrogen and oxygen atoms in total. The first-order valence-electron chi connectivity index (χ1n) is 8.34. The van der Waals surface area contributed by atoms with Crippen LogP contribution in [0.15, 0.2) is 17.2 Å². The zero-order chi connectivity index (χ0) is 22.4. The van der Waals surface area contributed by atoms with Crippen LogP contribution in [-0.4, -0.2) is 34.3 Å². The van der Waals surface area contributed by atoms with E-state index in [1.165, 1.54) is 13.1 Å². The van der Waals surface area contributed by atoms with E-state index >= 15 is 0 Å². The fourth-order valence-corrected chi connectivity index (χ4v) is 2.80. The SMILES string of the molecule is CC1C=NN(c2nc(Cl)c(-c3c(F)cc(F)cc3F)c(N[C@@H](C)C(F)(F)F)n2)C1=O. The van der Waals surface area contributed by atoms with Gasteiger partial charge in [0.15, 0.2) is 0 Å². The average Bonchev–Trinajstić information content (AvgIpc) is 2.94. The summed E-state index contributed by atoms with van der Waals surface area (Å²) in [5.74, 6) is -6.57. The fourth-order valence-electron chi connectivity index (χ4n) is 2.54. The van der Waals surface area contributed by atoms with Crippen molar-refractivity contribution in [3.05, 3.63) is 34.7 Å². The molecule has 1 N–H and O–H groups in total. The van der Waals surface area contributed by atoms with Crippen LogP contribution >= 0.6 is 11.6 Å². The summed E-state index contributed by atoms with van der Waals surface area (Å²) in [6, 6.07) is -1.57. The number of carbonyl (C=O) groups is 1. The quantitative estimate of drug-likeness (QED) is 0.547. The third kappa shape index (κ3) is 4.04. The number of hydrogen-bond acceptors (Lipinski definition) is 5. The Hall–Kier alpha value is -2.89. The van der Waals surface area contributed by atoms with Crippen LogP contribution in [0.4, 0.5) is 38.1 Å². The Morgan fingerprint density at radius 3 is 2.23 bits per heavy atom. The molecule has 1 amide bonds. The number of rotatable bonds is 4. The van der Waals surface area contributed by atoms with Gasteiger partial charge >= 0.3 is 6.18 Å². The molecule has 0 fully saturated rings. The molecular formula is C17H12ClF6N5O. The van der Waals surface area contributed by atoms with Gasteiger partial charge in [0.05, 0.1) is 17.0 Å². The van der Waals surface area contributed by atoms with Crippen molar-refractivity contribution in [2.45, 2.75) is 26.1 Å². The van der Waals surface area contributed by atoms with Gasteiger partial charge in [0.1, 0.15) is 34.5 Å². The van der Waals surface area contributed by atoms with Crippen molar-refractivity contribution in [1.29, 1.82) is 0 Å². The predicted octanol–water partition coefficient (Wildman–Crippen LogP) is 4.55. The molecule has 0 saturated heterocycles. The summed E-state index contributed by atoms with van der Waals surface area (Å²) in [5.41, 5.74) is -1.61. The zero-order valence-electron chi connectivity index (χ0n) is 15.2. The first-order valence-corrected chi connectivity index (χ1v) is 8.71. The second-order valence-corrected chi connectivity index (χ2v) is 6.75. The summed E-state index contributed by atoms with van der Waals surface area (Å²) in [5, 5.41) is 5.74. The lowest BCUT2D eigenvalue weighted by molar-refractivity contribution is -0.138. The minimum absolute atomic E-state index is 0.329. The number of benzene rings is 1. The molecule has 1 aliphatic rings. The van der Waals surface area contributed by atoms with Crippen molar-refractivity contribution in [2.24, 2.45) is 11.0 Å². The van der Waals surface area contributed by atoms with Crippen LogP contribution in [-0.2, 0) is 4.79 Å². The normalized spacial score (nSPS) is 17.6. The zero-order valence-corrected chi connectivity index (χ0v) is 16.0. The predicted molar refractivity (Wildman–Crippen MR) is 96.6 cm³/mol. The van der Waals surface area contributed by atoms with Gasteiger partial charge < -0.3 is 5.32 Å². The first kappa shape index (κ1) is 21.8.